The summed E-state index contributed by atoms with van der Waals surface area (Å²) < 4.78 is 5.37. The van der Waals surface area contributed by atoms with Crippen LogP contribution >= 0.6 is 11.6 Å². The van der Waals surface area contributed by atoms with Crippen molar-refractivity contribution in [2.24, 2.45) is 0 Å². The zero-order valence-corrected chi connectivity index (χ0v) is 15.8. The number of rotatable bonds is 7. The maximum atomic E-state index is 12.4. The number of hydrogen-bond donors (Lipinski definition) is 1. The highest BCUT2D eigenvalue weighted by atomic mass is 35.5. The van der Waals surface area contributed by atoms with Crippen LogP contribution in [0.25, 0.3) is 0 Å². The third kappa shape index (κ3) is 4.99. The van der Waals surface area contributed by atoms with Gasteiger partial charge in [0.2, 0.25) is 5.91 Å². The number of benzene rings is 2. The largest absolute Gasteiger partial charge is 0.497 e. The van der Waals surface area contributed by atoms with Gasteiger partial charge in [-0.05, 0) is 61.3 Å². The Hall–Kier alpha value is -2.04. The summed E-state index contributed by atoms with van der Waals surface area (Å²) in [6.45, 7) is 2.73. The molecule has 1 saturated heterocycles. The molecule has 1 N–H and O–H groups in total. The Morgan fingerprint density at radius 1 is 1.19 bits per heavy atom. The molecule has 0 radical (unpaired) electrons. The second kappa shape index (κ2) is 9.06. The Kier molecular flexibility index (Phi) is 6.53. The van der Waals surface area contributed by atoms with Crippen LogP contribution in [0.4, 0.5) is 0 Å². The molecule has 0 aliphatic carbocycles. The Morgan fingerprint density at radius 3 is 2.62 bits per heavy atom. The fourth-order valence-electron chi connectivity index (χ4n) is 3.42. The number of carbonyl (C=O) groups excluding carboxylic acids is 1. The first kappa shape index (κ1) is 18.7. The number of halogens is 1. The second-order valence-electron chi connectivity index (χ2n) is 6.64. The van der Waals surface area contributed by atoms with Crippen LogP contribution in [0.3, 0.4) is 0 Å². The molecule has 1 heterocycles. The maximum Gasteiger partial charge on any atom is 0.224 e. The first-order valence-electron chi connectivity index (χ1n) is 9.05. The Bertz CT molecular complexity index is 727. The summed E-state index contributed by atoms with van der Waals surface area (Å²) in [5.74, 6) is 0.874. The third-order valence-corrected chi connectivity index (χ3v) is 5.08. The van der Waals surface area contributed by atoms with Crippen LogP contribution in [0.5, 0.6) is 5.75 Å². The van der Waals surface area contributed by atoms with Gasteiger partial charge in [0.15, 0.2) is 0 Å². The molecule has 1 aliphatic heterocycles. The zero-order valence-electron chi connectivity index (χ0n) is 15.1. The van der Waals surface area contributed by atoms with E-state index < -0.39 is 0 Å². The first-order chi connectivity index (χ1) is 12.7. The summed E-state index contributed by atoms with van der Waals surface area (Å²) in [4.78, 5) is 14.8. The molecule has 2 aromatic carbocycles. The van der Waals surface area contributed by atoms with E-state index in [0.29, 0.717) is 18.0 Å². The van der Waals surface area contributed by atoms with Gasteiger partial charge in [-0.2, -0.15) is 0 Å². The monoisotopic (exact) mass is 372 g/mol. The van der Waals surface area contributed by atoms with Crippen LogP contribution < -0.4 is 10.1 Å². The molecule has 4 nitrogen and oxygen atoms in total. The van der Waals surface area contributed by atoms with Crippen molar-refractivity contribution >= 4 is 17.5 Å². The van der Waals surface area contributed by atoms with Gasteiger partial charge in [0.1, 0.15) is 5.75 Å². The lowest BCUT2D eigenvalue weighted by Crippen LogP contribution is -2.37. The van der Waals surface area contributed by atoms with Crippen LogP contribution in [-0.2, 0) is 11.2 Å². The van der Waals surface area contributed by atoms with Crippen molar-refractivity contribution in [1.82, 2.24) is 10.2 Å². The number of carbonyl (C=O) groups is 1. The van der Waals surface area contributed by atoms with E-state index in [4.69, 9.17) is 16.3 Å². The Labute approximate surface area is 160 Å². The van der Waals surface area contributed by atoms with Crippen molar-refractivity contribution < 1.29 is 9.53 Å². The molecule has 0 unspecified atom stereocenters. The number of nitrogens with one attached hydrogen (secondary N) is 1. The third-order valence-electron chi connectivity index (χ3n) is 4.83. The lowest BCUT2D eigenvalue weighted by atomic mass is 10.0. The summed E-state index contributed by atoms with van der Waals surface area (Å²) >= 11 is 5.90. The normalized spacial score (nSPS) is 15.6. The molecule has 5 heteroatoms. The van der Waals surface area contributed by atoms with E-state index >= 15 is 0 Å². The molecule has 0 bridgehead atoms. The molecule has 138 valence electrons. The summed E-state index contributed by atoms with van der Waals surface area (Å²) in [5.41, 5.74) is 2.14. The van der Waals surface area contributed by atoms with Gasteiger partial charge in [0, 0.05) is 11.6 Å². The summed E-state index contributed by atoms with van der Waals surface area (Å²) in [6.07, 6.45) is 2.78. The molecule has 1 fully saturated rings. The van der Waals surface area contributed by atoms with Crippen LogP contribution in [-0.4, -0.2) is 37.6 Å². The van der Waals surface area contributed by atoms with Crippen molar-refractivity contribution in [3.8, 4) is 5.75 Å². The molecule has 1 amide bonds. The van der Waals surface area contributed by atoms with E-state index in [1.165, 1.54) is 18.4 Å². The highest BCUT2D eigenvalue weighted by Gasteiger charge is 2.24. The maximum absolute atomic E-state index is 12.4. The molecule has 0 aromatic heterocycles. The number of likely N-dealkylation sites (tertiary alicyclic amines) is 1. The molecular formula is C21H25ClN2O2. The van der Waals surface area contributed by atoms with Crippen molar-refractivity contribution in [3.63, 3.8) is 0 Å². The van der Waals surface area contributed by atoms with E-state index in [0.717, 1.165) is 24.4 Å². The van der Waals surface area contributed by atoms with Crippen molar-refractivity contribution in [3.05, 3.63) is 64.7 Å². The molecule has 26 heavy (non-hydrogen) atoms. The molecule has 3 rings (SSSR count). The van der Waals surface area contributed by atoms with E-state index in [1.54, 1.807) is 7.11 Å². The van der Waals surface area contributed by atoms with E-state index in [-0.39, 0.29) is 11.9 Å². The highest BCUT2D eigenvalue weighted by Crippen LogP contribution is 2.27. The van der Waals surface area contributed by atoms with Crippen LogP contribution in [0.1, 0.15) is 30.0 Å². The number of ether oxygens (including phenoxy) is 1. The standard InChI is InChI=1S/C21H25ClN2O2/c1-26-19-6-4-5-17(14-19)20(24-11-2-3-12-24)15-23-21(25)13-16-7-9-18(22)10-8-16/h4-10,14,20H,2-3,11-13,15H2,1H3,(H,23,25)/t20-/m0/s1. The quantitative estimate of drug-likeness (QED) is 0.802. The van der Waals surface area contributed by atoms with E-state index in [9.17, 15) is 4.79 Å². The van der Waals surface area contributed by atoms with Crippen LogP contribution in [0.15, 0.2) is 48.5 Å². The van der Waals surface area contributed by atoms with Gasteiger partial charge in [0.05, 0.1) is 19.6 Å². The Morgan fingerprint density at radius 2 is 1.92 bits per heavy atom. The minimum atomic E-state index is 0.0272. The lowest BCUT2D eigenvalue weighted by Gasteiger charge is -2.28. The fourth-order valence-corrected chi connectivity index (χ4v) is 3.55. The molecule has 0 saturated carbocycles. The number of nitrogens with zero attached hydrogens (tertiary/aromatic N) is 1. The zero-order chi connectivity index (χ0) is 18.4. The predicted octanol–water partition coefficient (Wildman–Crippen LogP) is 3.84. The number of amides is 1. The topological polar surface area (TPSA) is 41.6 Å². The van der Waals surface area contributed by atoms with E-state index in [2.05, 4.69) is 22.3 Å². The SMILES string of the molecule is COc1cccc([C@H](CNC(=O)Cc2ccc(Cl)cc2)N2CCCC2)c1. The number of hydrogen-bond acceptors (Lipinski definition) is 3. The predicted molar refractivity (Wildman–Crippen MR) is 105 cm³/mol. The average Bonchev–Trinajstić information content (AvgIpc) is 3.18. The molecular weight excluding hydrogens is 348 g/mol. The highest BCUT2D eigenvalue weighted by molar-refractivity contribution is 6.30. The van der Waals surface area contributed by atoms with Crippen LogP contribution in [0, 0.1) is 0 Å². The lowest BCUT2D eigenvalue weighted by molar-refractivity contribution is -0.120. The minimum absolute atomic E-state index is 0.0272. The average molecular weight is 373 g/mol. The van der Waals surface area contributed by atoms with Gasteiger partial charge in [-0.1, -0.05) is 35.9 Å². The van der Waals surface area contributed by atoms with Crippen molar-refractivity contribution in [2.75, 3.05) is 26.7 Å². The van der Waals surface area contributed by atoms with Gasteiger partial charge in [0.25, 0.3) is 0 Å². The van der Waals surface area contributed by atoms with Gasteiger partial charge in [-0.25, -0.2) is 0 Å². The molecule has 1 aliphatic rings. The first-order valence-corrected chi connectivity index (χ1v) is 9.42. The molecule has 1 atom stereocenters. The second-order valence-corrected chi connectivity index (χ2v) is 7.08. The van der Waals surface area contributed by atoms with Gasteiger partial charge >= 0.3 is 0 Å². The fraction of sp³-hybridized carbons (Fsp3) is 0.381. The smallest absolute Gasteiger partial charge is 0.224 e. The molecule has 0 spiro atoms. The summed E-state index contributed by atoms with van der Waals surface area (Å²) in [6, 6.07) is 15.7. The van der Waals surface area contributed by atoms with Crippen molar-refractivity contribution in [2.45, 2.75) is 25.3 Å². The summed E-state index contributed by atoms with van der Waals surface area (Å²) in [7, 11) is 1.68. The van der Waals surface area contributed by atoms with Gasteiger partial charge < -0.3 is 10.1 Å². The summed E-state index contributed by atoms with van der Waals surface area (Å²) in [5, 5.41) is 3.79. The number of methoxy groups -OCH3 is 1. The van der Waals surface area contributed by atoms with E-state index in [1.807, 2.05) is 36.4 Å². The minimum Gasteiger partial charge on any atom is -0.497 e. The Balaban J connectivity index is 1.65. The van der Waals surface area contributed by atoms with Gasteiger partial charge in [-0.15, -0.1) is 0 Å². The van der Waals surface area contributed by atoms with Crippen molar-refractivity contribution in [1.29, 1.82) is 0 Å². The van der Waals surface area contributed by atoms with Crippen LogP contribution in [0.2, 0.25) is 5.02 Å². The van der Waals surface area contributed by atoms with Gasteiger partial charge in [-0.3, -0.25) is 9.69 Å². The molecule has 2 aromatic rings.